The van der Waals surface area contributed by atoms with E-state index in [0.29, 0.717) is 42.7 Å². The van der Waals surface area contributed by atoms with E-state index in [2.05, 4.69) is 41.5 Å². The van der Waals surface area contributed by atoms with Gasteiger partial charge in [0.1, 0.15) is 13.2 Å². The highest BCUT2D eigenvalue weighted by Crippen LogP contribution is 2.34. The molecular weight excluding hydrogens is 498 g/mol. The first-order valence-electron chi connectivity index (χ1n) is 12.2. The van der Waals surface area contributed by atoms with E-state index in [1.807, 2.05) is 5.38 Å². The SMILES string of the molecule is CCCc1ccc(-c2csc(NC(=O)C3CCN(S(=O)(=O)c4ccc5c(c4)OCCO5)CC3)n2)cc1. The fourth-order valence-corrected chi connectivity index (χ4v) is 6.70. The Bertz CT molecular complexity index is 1330. The Morgan fingerprint density at radius 1 is 1.08 bits per heavy atom. The van der Waals surface area contributed by atoms with Gasteiger partial charge in [-0.3, -0.25) is 4.79 Å². The maximum absolute atomic E-state index is 13.2. The molecule has 0 aliphatic carbocycles. The van der Waals surface area contributed by atoms with E-state index in [9.17, 15) is 13.2 Å². The van der Waals surface area contributed by atoms with Crippen molar-refractivity contribution in [1.29, 1.82) is 0 Å². The van der Waals surface area contributed by atoms with Gasteiger partial charge in [0.25, 0.3) is 0 Å². The topological polar surface area (TPSA) is 97.8 Å². The van der Waals surface area contributed by atoms with Crippen molar-refractivity contribution in [3.63, 3.8) is 0 Å². The number of carbonyl (C=O) groups excluding carboxylic acids is 1. The number of sulfonamides is 1. The molecule has 10 heteroatoms. The molecule has 0 spiro atoms. The number of ether oxygens (including phenoxy) is 2. The van der Waals surface area contributed by atoms with Gasteiger partial charge in [0, 0.05) is 36.0 Å². The third-order valence-electron chi connectivity index (χ3n) is 6.50. The van der Waals surface area contributed by atoms with Crippen molar-refractivity contribution in [3.05, 3.63) is 53.4 Å². The molecule has 1 aromatic heterocycles. The van der Waals surface area contributed by atoms with Crippen LogP contribution in [0.25, 0.3) is 11.3 Å². The van der Waals surface area contributed by atoms with Crippen LogP contribution in [-0.4, -0.2) is 49.9 Å². The molecule has 8 nitrogen and oxygen atoms in total. The number of nitrogens with zero attached hydrogens (tertiary/aromatic N) is 2. The van der Waals surface area contributed by atoms with Crippen molar-refractivity contribution < 1.29 is 22.7 Å². The lowest BCUT2D eigenvalue weighted by atomic mass is 9.97. The van der Waals surface area contributed by atoms with Crippen LogP contribution in [0.5, 0.6) is 11.5 Å². The second-order valence-corrected chi connectivity index (χ2v) is 11.8. The molecule has 0 bridgehead atoms. The lowest BCUT2D eigenvalue weighted by Crippen LogP contribution is -2.41. The number of benzene rings is 2. The molecule has 0 radical (unpaired) electrons. The van der Waals surface area contributed by atoms with Crippen LogP contribution in [0.3, 0.4) is 0 Å². The number of rotatable bonds is 7. The smallest absolute Gasteiger partial charge is 0.243 e. The Kier molecular flexibility index (Phi) is 7.27. The number of anilines is 1. The number of thiazole rings is 1. The number of hydrogen-bond acceptors (Lipinski definition) is 7. The fourth-order valence-electron chi connectivity index (χ4n) is 4.49. The highest BCUT2D eigenvalue weighted by molar-refractivity contribution is 7.89. The number of nitrogens with one attached hydrogen (secondary N) is 1. The van der Waals surface area contributed by atoms with Gasteiger partial charge in [-0.05, 0) is 37.0 Å². The predicted molar refractivity (Wildman–Crippen MR) is 139 cm³/mol. The second kappa shape index (κ2) is 10.6. The summed E-state index contributed by atoms with van der Waals surface area (Å²) in [6.45, 7) is 3.56. The van der Waals surface area contributed by atoms with Crippen LogP contribution in [0.15, 0.2) is 52.7 Å². The molecule has 2 aliphatic rings. The summed E-state index contributed by atoms with van der Waals surface area (Å²) >= 11 is 1.39. The van der Waals surface area contributed by atoms with Crippen LogP contribution in [0, 0.1) is 5.92 Å². The van der Waals surface area contributed by atoms with E-state index >= 15 is 0 Å². The Balaban J connectivity index is 1.18. The van der Waals surface area contributed by atoms with Crippen molar-refractivity contribution in [2.45, 2.75) is 37.5 Å². The third kappa shape index (κ3) is 5.25. The number of fused-ring (bicyclic) bond motifs is 1. The molecular formula is C26H29N3O5S2. The Hall–Kier alpha value is -2.95. The molecule has 1 N–H and O–H groups in total. The van der Waals surface area contributed by atoms with Crippen LogP contribution in [0.2, 0.25) is 0 Å². The quantitative estimate of drug-likeness (QED) is 0.483. The van der Waals surface area contributed by atoms with Gasteiger partial charge in [-0.1, -0.05) is 37.6 Å². The predicted octanol–water partition coefficient (Wildman–Crippen LogP) is 4.57. The lowest BCUT2D eigenvalue weighted by Gasteiger charge is -2.30. The number of carbonyl (C=O) groups is 1. The van der Waals surface area contributed by atoms with Crippen LogP contribution < -0.4 is 14.8 Å². The van der Waals surface area contributed by atoms with E-state index in [1.54, 1.807) is 12.1 Å². The largest absolute Gasteiger partial charge is 0.486 e. The average Bonchev–Trinajstić information content (AvgIpc) is 3.37. The molecule has 1 saturated heterocycles. The van der Waals surface area contributed by atoms with Crippen molar-refractivity contribution in [1.82, 2.24) is 9.29 Å². The first-order valence-corrected chi connectivity index (χ1v) is 14.5. The highest BCUT2D eigenvalue weighted by Gasteiger charge is 2.33. The molecule has 1 amide bonds. The molecule has 3 aromatic rings. The van der Waals surface area contributed by atoms with Gasteiger partial charge < -0.3 is 14.8 Å². The van der Waals surface area contributed by atoms with E-state index in [1.165, 1.54) is 27.3 Å². The Morgan fingerprint density at radius 2 is 1.81 bits per heavy atom. The molecule has 5 rings (SSSR count). The van der Waals surface area contributed by atoms with Gasteiger partial charge in [0.05, 0.1) is 10.6 Å². The summed E-state index contributed by atoms with van der Waals surface area (Å²) < 4.78 is 38.8. The zero-order valence-electron chi connectivity index (χ0n) is 20.1. The van der Waals surface area contributed by atoms with Gasteiger partial charge in [0.2, 0.25) is 15.9 Å². The van der Waals surface area contributed by atoms with Crippen molar-refractivity contribution in [2.24, 2.45) is 5.92 Å². The number of piperidine rings is 1. The summed E-state index contributed by atoms with van der Waals surface area (Å²) in [5.41, 5.74) is 3.15. The Labute approximate surface area is 215 Å². The lowest BCUT2D eigenvalue weighted by molar-refractivity contribution is -0.120. The number of amides is 1. The highest BCUT2D eigenvalue weighted by atomic mass is 32.2. The van der Waals surface area contributed by atoms with Gasteiger partial charge in [-0.15, -0.1) is 11.3 Å². The normalized spacial score (nSPS) is 16.6. The summed E-state index contributed by atoms with van der Waals surface area (Å²) in [5, 5.41) is 5.42. The molecule has 0 saturated carbocycles. The van der Waals surface area contributed by atoms with Crippen molar-refractivity contribution >= 4 is 32.4 Å². The zero-order chi connectivity index (χ0) is 25.1. The minimum absolute atomic E-state index is 0.120. The maximum Gasteiger partial charge on any atom is 0.243 e. The number of aryl methyl sites for hydroxylation is 1. The standard InChI is InChI=1S/C26H29N3O5S2/c1-2-3-18-4-6-19(7-5-18)22-17-35-26(27-22)28-25(30)20-10-12-29(13-11-20)36(31,32)21-8-9-23-24(16-21)34-15-14-33-23/h4-9,16-17,20H,2-3,10-15H2,1H3,(H,27,28,30). The summed E-state index contributed by atoms with van der Waals surface area (Å²) in [4.78, 5) is 17.6. The van der Waals surface area contributed by atoms with E-state index < -0.39 is 10.0 Å². The van der Waals surface area contributed by atoms with Crippen LogP contribution >= 0.6 is 11.3 Å². The molecule has 3 heterocycles. The molecule has 2 aliphatic heterocycles. The summed E-state index contributed by atoms with van der Waals surface area (Å²) in [5.74, 6) is 0.605. The first-order chi connectivity index (χ1) is 17.4. The van der Waals surface area contributed by atoms with Crippen LogP contribution in [-0.2, 0) is 21.2 Å². The number of aromatic nitrogens is 1. The molecule has 36 heavy (non-hydrogen) atoms. The summed E-state index contributed by atoms with van der Waals surface area (Å²) in [6.07, 6.45) is 3.06. The van der Waals surface area contributed by atoms with Gasteiger partial charge in [0.15, 0.2) is 16.6 Å². The average molecular weight is 528 g/mol. The monoisotopic (exact) mass is 527 g/mol. The summed E-state index contributed by atoms with van der Waals surface area (Å²) in [7, 11) is -3.68. The Morgan fingerprint density at radius 3 is 2.53 bits per heavy atom. The fraction of sp³-hybridized carbons (Fsp3) is 0.385. The van der Waals surface area contributed by atoms with Gasteiger partial charge in [-0.25, -0.2) is 13.4 Å². The van der Waals surface area contributed by atoms with E-state index in [-0.39, 0.29) is 29.8 Å². The van der Waals surface area contributed by atoms with E-state index in [0.717, 1.165) is 24.1 Å². The second-order valence-electron chi connectivity index (χ2n) is 8.96. The van der Waals surface area contributed by atoms with Crippen LogP contribution in [0.1, 0.15) is 31.7 Å². The molecule has 190 valence electrons. The van der Waals surface area contributed by atoms with Crippen LogP contribution in [0.4, 0.5) is 5.13 Å². The van der Waals surface area contributed by atoms with Gasteiger partial charge >= 0.3 is 0 Å². The van der Waals surface area contributed by atoms with Crippen molar-refractivity contribution in [2.75, 3.05) is 31.6 Å². The minimum Gasteiger partial charge on any atom is -0.486 e. The third-order valence-corrected chi connectivity index (χ3v) is 9.15. The van der Waals surface area contributed by atoms with Crippen molar-refractivity contribution in [3.8, 4) is 22.8 Å². The maximum atomic E-state index is 13.2. The molecule has 0 atom stereocenters. The van der Waals surface area contributed by atoms with E-state index in [4.69, 9.17) is 9.47 Å². The summed E-state index contributed by atoms with van der Waals surface area (Å²) in [6, 6.07) is 13.0. The van der Waals surface area contributed by atoms with Gasteiger partial charge in [-0.2, -0.15) is 4.31 Å². The molecule has 0 unspecified atom stereocenters. The minimum atomic E-state index is -3.68. The first kappa shape index (κ1) is 24.7. The molecule has 1 fully saturated rings. The number of hydrogen-bond donors (Lipinski definition) is 1. The zero-order valence-corrected chi connectivity index (χ0v) is 21.7. The molecule has 2 aromatic carbocycles.